The van der Waals surface area contributed by atoms with E-state index in [1.807, 2.05) is 0 Å². The topological polar surface area (TPSA) is 120 Å². The van der Waals surface area contributed by atoms with Crippen LogP contribution in [-0.4, -0.2) is 44.2 Å². The molecule has 1 aliphatic rings. The van der Waals surface area contributed by atoms with E-state index < -0.39 is 21.2 Å². The number of methoxy groups -OCH3 is 1. The number of pyridine rings is 1. The molecule has 0 saturated carbocycles. The quantitative estimate of drug-likeness (QED) is 0.734. The van der Waals surface area contributed by atoms with Crippen LogP contribution in [0.1, 0.15) is 16.9 Å². The number of ether oxygens (including phenoxy) is 1. The van der Waals surface area contributed by atoms with Crippen LogP contribution in [0, 0.1) is 0 Å². The number of hydrogen-bond donors (Lipinski definition) is 1. The number of primary sulfonamides is 1. The van der Waals surface area contributed by atoms with E-state index in [0.717, 1.165) is 0 Å². The van der Waals surface area contributed by atoms with Crippen LogP contribution < -0.4 is 10.0 Å². The van der Waals surface area contributed by atoms with E-state index in [0.29, 0.717) is 5.69 Å². The zero-order chi connectivity index (χ0) is 14.9. The first-order valence-electron chi connectivity index (χ1n) is 5.69. The number of carbonyl (C=O) groups is 2. The molecule has 2 heterocycles. The van der Waals surface area contributed by atoms with E-state index in [1.165, 1.54) is 30.3 Å². The summed E-state index contributed by atoms with van der Waals surface area (Å²) < 4.78 is 27.0. The Bertz CT molecular complexity index is 641. The molecule has 2 N–H and O–H groups in total. The highest BCUT2D eigenvalue weighted by Gasteiger charge is 2.37. The van der Waals surface area contributed by atoms with E-state index in [2.05, 4.69) is 9.72 Å². The molecule has 108 valence electrons. The molecular weight excluding hydrogens is 286 g/mol. The molecular formula is C11H13N3O5S. The van der Waals surface area contributed by atoms with Crippen molar-refractivity contribution in [3.8, 4) is 0 Å². The maximum Gasteiger partial charge on any atom is 0.356 e. The van der Waals surface area contributed by atoms with Crippen molar-refractivity contribution in [2.45, 2.75) is 11.7 Å². The van der Waals surface area contributed by atoms with Crippen molar-refractivity contribution in [1.29, 1.82) is 0 Å². The highest BCUT2D eigenvalue weighted by atomic mass is 32.2. The normalized spacial score (nSPS) is 19.2. The Morgan fingerprint density at radius 1 is 1.50 bits per heavy atom. The molecule has 1 aliphatic heterocycles. The van der Waals surface area contributed by atoms with Crippen LogP contribution in [0.3, 0.4) is 0 Å². The zero-order valence-electron chi connectivity index (χ0n) is 10.6. The van der Waals surface area contributed by atoms with Crippen molar-refractivity contribution >= 4 is 27.6 Å². The number of esters is 1. The van der Waals surface area contributed by atoms with Crippen LogP contribution in [0.5, 0.6) is 0 Å². The number of amides is 1. The van der Waals surface area contributed by atoms with Crippen molar-refractivity contribution in [3.63, 3.8) is 0 Å². The number of sulfonamides is 1. The van der Waals surface area contributed by atoms with Gasteiger partial charge in [-0.05, 0) is 12.1 Å². The van der Waals surface area contributed by atoms with Crippen molar-refractivity contribution < 1.29 is 22.7 Å². The third-order valence-corrected chi connectivity index (χ3v) is 4.25. The average molecular weight is 299 g/mol. The van der Waals surface area contributed by atoms with E-state index in [4.69, 9.17) is 5.14 Å². The van der Waals surface area contributed by atoms with Crippen molar-refractivity contribution in [2.24, 2.45) is 5.14 Å². The van der Waals surface area contributed by atoms with Gasteiger partial charge in [0.15, 0.2) is 0 Å². The second kappa shape index (κ2) is 5.17. The van der Waals surface area contributed by atoms with Gasteiger partial charge in [0.05, 0.1) is 19.0 Å². The van der Waals surface area contributed by atoms with Crippen LogP contribution in [0.4, 0.5) is 5.69 Å². The van der Waals surface area contributed by atoms with Gasteiger partial charge in [0.2, 0.25) is 15.9 Å². The summed E-state index contributed by atoms with van der Waals surface area (Å²) in [5.41, 5.74) is 0.514. The lowest BCUT2D eigenvalue weighted by molar-refractivity contribution is -0.117. The Balaban J connectivity index is 2.21. The van der Waals surface area contributed by atoms with Gasteiger partial charge in [-0.3, -0.25) is 4.79 Å². The monoisotopic (exact) mass is 299 g/mol. The minimum Gasteiger partial charge on any atom is -0.464 e. The van der Waals surface area contributed by atoms with Crippen molar-refractivity contribution in [3.05, 3.63) is 24.0 Å². The number of carbonyl (C=O) groups excluding carboxylic acids is 2. The van der Waals surface area contributed by atoms with Crippen molar-refractivity contribution in [2.75, 3.05) is 18.6 Å². The standard InChI is InChI=1S/C11H13N3O5S/c1-19-11(16)9-3-2-7(5-13-9)14-6-8(4-10(14)15)20(12,17)18/h2-3,5,8H,4,6H2,1H3,(H2,12,17,18). The molecule has 1 fully saturated rings. The van der Waals surface area contributed by atoms with Gasteiger partial charge < -0.3 is 9.64 Å². The van der Waals surface area contributed by atoms with Gasteiger partial charge in [0, 0.05) is 13.0 Å². The third kappa shape index (κ3) is 2.78. The Labute approximate surface area is 115 Å². The number of rotatable bonds is 3. The molecule has 2 rings (SSSR count). The smallest absolute Gasteiger partial charge is 0.356 e. The van der Waals surface area contributed by atoms with Gasteiger partial charge in [-0.1, -0.05) is 0 Å². The summed E-state index contributed by atoms with van der Waals surface area (Å²) in [6, 6.07) is 2.90. The largest absolute Gasteiger partial charge is 0.464 e. The summed E-state index contributed by atoms with van der Waals surface area (Å²) in [5.74, 6) is -0.941. The lowest BCUT2D eigenvalue weighted by atomic mass is 10.3. The molecule has 1 aromatic heterocycles. The summed E-state index contributed by atoms with van der Waals surface area (Å²) >= 11 is 0. The number of aromatic nitrogens is 1. The van der Waals surface area contributed by atoms with Crippen LogP contribution in [0.2, 0.25) is 0 Å². The van der Waals surface area contributed by atoms with Gasteiger partial charge in [-0.25, -0.2) is 23.3 Å². The molecule has 1 amide bonds. The Kier molecular flexibility index (Phi) is 3.73. The van der Waals surface area contributed by atoms with E-state index >= 15 is 0 Å². The highest BCUT2D eigenvalue weighted by molar-refractivity contribution is 7.89. The third-order valence-electron chi connectivity index (χ3n) is 3.01. The molecule has 0 aromatic carbocycles. The Hall–Kier alpha value is -2.00. The summed E-state index contributed by atoms with van der Waals surface area (Å²) in [6.45, 7) is -0.0169. The number of hydrogen-bond acceptors (Lipinski definition) is 6. The first kappa shape index (κ1) is 14.4. The van der Waals surface area contributed by atoms with Gasteiger partial charge in [0.1, 0.15) is 10.9 Å². The number of nitrogens with two attached hydrogens (primary N) is 1. The molecule has 1 unspecified atom stereocenters. The van der Waals surface area contributed by atoms with Crippen LogP contribution in [-0.2, 0) is 19.6 Å². The minimum absolute atomic E-state index is 0.0169. The molecule has 8 nitrogen and oxygen atoms in total. The SMILES string of the molecule is COC(=O)c1ccc(N2CC(S(N)(=O)=O)CC2=O)cn1. The second-order valence-corrected chi connectivity index (χ2v) is 6.16. The second-order valence-electron chi connectivity index (χ2n) is 4.31. The molecule has 0 radical (unpaired) electrons. The van der Waals surface area contributed by atoms with Gasteiger partial charge >= 0.3 is 5.97 Å². The lowest BCUT2D eigenvalue weighted by Gasteiger charge is -2.15. The number of nitrogens with zero attached hydrogens (tertiary/aromatic N) is 2. The predicted octanol–water partition coefficient (Wildman–Crippen LogP) is -0.738. The number of anilines is 1. The summed E-state index contributed by atoms with van der Waals surface area (Å²) in [6.07, 6.45) is 1.16. The Morgan fingerprint density at radius 3 is 2.65 bits per heavy atom. The van der Waals surface area contributed by atoms with Crippen LogP contribution in [0.25, 0.3) is 0 Å². The summed E-state index contributed by atoms with van der Waals surface area (Å²) in [5, 5.41) is 4.12. The van der Waals surface area contributed by atoms with Gasteiger partial charge in [-0.2, -0.15) is 0 Å². The first-order valence-corrected chi connectivity index (χ1v) is 7.30. The fourth-order valence-corrected chi connectivity index (χ4v) is 2.65. The zero-order valence-corrected chi connectivity index (χ0v) is 11.5. The molecule has 1 atom stereocenters. The van der Waals surface area contributed by atoms with Gasteiger partial charge in [0.25, 0.3) is 0 Å². The molecule has 9 heteroatoms. The Morgan fingerprint density at radius 2 is 2.20 bits per heavy atom. The minimum atomic E-state index is -3.76. The fraction of sp³-hybridized carbons (Fsp3) is 0.364. The first-order chi connectivity index (χ1) is 9.32. The molecule has 0 aliphatic carbocycles. The van der Waals surface area contributed by atoms with Gasteiger partial charge in [-0.15, -0.1) is 0 Å². The van der Waals surface area contributed by atoms with Crippen molar-refractivity contribution in [1.82, 2.24) is 4.98 Å². The maximum atomic E-state index is 11.8. The summed E-state index contributed by atoms with van der Waals surface area (Å²) in [7, 11) is -2.52. The highest BCUT2D eigenvalue weighted by Crippen LogP contribution is 2.23. The molecule has 1 saturated heterocycles. The maximum absolute atomic E-state index is 11.8. The molecule has 1 aromatic rings. The molecule has 0 spiro atoms. The predicted molar refractivity (Wildman–Crippen MR) is 69.4 cm³/mol. The van der Waals surface area contributed by atoms with E-state index in [9.17, 15) is 18.0 Å². The lowest BCUT2D eigenvalue weighted by Crippen LogP contribution is -2.32. The van der Waals surface area contributed by atoms with Crippen LogP contribution >= 0.6 is 0 Å². The molecule has 0 bridgehead atoms. The molecule has 20 heavy (non-hydrogen) atoms. The average Bonchev–Trinajstić information content (AvgIpc) is 2.80. The van der Waals surface area contributed by atoms with E-state index in [-0.39, 0.29) is 24.6 Å². The summed E-state index contributed by atoms with van der Waals surface area (Å²) in [4.78, 5) is 28.2. The van der Waals surface area contributed by atoms with Crippen LogP contribution in [0.15, 0.2) is 18.3 Å². The fourth-order valence-electron chi connectivity index (χ4n) is 1.92. The van der Waals surface area contributed by atoms with E-state index in [1.54, 1.807) is 0 Å².